The van der Waals surface area contributed by atoms with Gasteiger partial charge in [-0.1, -0.05) is 12.8 Å². The van der Waals surface area contributed by atoms with Crippen molar-refractivity contribution in [2.24, 2.45) is 11.7 Å². The van der Waals surface area contributed by atoms with E-state index in [9.17, 15) is 14.7 Å². The van der Waals surface area contributed by atoms with Crippen LogP contribution in [0.3, 0.4) is 0 Å². The number of amides is 1. The first-order valence-electron chi connectivity index (χ1n) is 6.83. The number of carboxylic acids is 1. The maximum atomic E-state index is 12.2. The zero-order chi connectivity index (χ0) is 13.3. The van der Waals surface area contributed by atoms with Crippen molar-refractivity contribution in [3.05, 3.63) is 0 Å². The van der Waals surface area contributed by atoms with Crippen molar-refractivity contribution >= 4 is 11.9 Å². The van der Waals surface area contributed by atoms with Crippen LogP contribution >= 0.6 is 0 Å². The highest BCUT2D eigenvalue weighted by Crippen LogP contribution is 2.38. The van der Waals surface area contributed by atoms with E-state index in [1.54, 1.807) is 11.8 Å². The monoisotopic (exact) mass is 254 g/mol. The van der Waals surface area contributed by atoms with Crippen LogP contribution < -0.4 is 5.73 Å². The zero-order valence-corrected chi connectivity index (χ0v) is 10.8. The summed E-state index contributed by atoms with van der Waals surface area (Å²) in [7, 11) is 0. The molecule has 5 heteroatoms. The SMILES string of the molecule is CC(N)C(=O)N1C(C(=O)O)CCC2CCCCC21. The fourth-order valence-electron chi connectivity index (χ4n) is 3.43. The van der Waals surface area contributed by atoms with Crippen LogP contribution in [0.5, 0.6) is 0 Å². The number of hydrogen-bond acceptors (Lipinski definition) is 3. The number of piperidine rings is 1. The van der Waals surface area contributed by atoms with Crippen LogP contribution in [0.4, 0.5) is 0 Å². The molecule has 18 heavy (non-hydrogen) atoms. The molecule has 4 unspecified atom stereocenters. The van der Waals surface area contributed by atoms with Crippen LogP contribution in [-0.4, -0.2) is 40.0 Å². The molecular formula is C13H22N2O3. The fraction of sp³-hybridized carbons (Fsp3) is 0.846. The van der Waals surface area contributed by atoms with E-state index in [1.807, 2.05) is 0 Å². The molecule has 4 atom stereocenters. The van der Waals surface area contributed by atoms with Gasteiger partial charge in [0.2, 0.25) is 5.91 Å². The second kappa shape index (κ2) is 5.26. The third-order valence-electron chi connectivity index (χ3n) is 4.30. The Bertz CT molecular complexity index is 343. The lowest BCUT2D eigenvalue weighted by Crippen LogP contribution is -2.60. The average molecular weight is 254 g/mol. The van der Waals surface area contributed by atoms with Gasteiger partial charge in [0.25, 0.3) is 0 Å². The van der Waals surface area contributed by atoms with Gasteiger partial charge < -0.3 is 15.7 Å². The molecule has 0 spiro atoms. The summed E-state index contributed by atoms with van der Waals surface area (Å²) in [6.07, 6.45) is 5.79. The largest absolute Gasteiger partial charge is 0.480 e. The van der Waals surface area contributed by atoms with E-state index in [0.717, 1.165) is 25.7 Å². The van der Waals surface area contributed by atoms with Gasteiger partial charge in [-0.15, -0.1) is 0 Å². The van der Waals surface area contributed by atoms with Crippen LogP contribution in [-0.2, 0) is 9.59 Å². The second-order valence-electron chi connectivity index (χ2n) is 5.58. The van der Waals surface area contributed by atoms with E-state index in [2.05, 4.69) is 0 Å². The third kappa shape index (κ3) is 2.36. The molecule has 5 nitrogen and oxygen atoms in total. The number of hydrogen-bond donors (Lipinski definition) is 2. The number of rotatable bonds is 2. The van der Waals surface area contributed by atoms with Crippen LogP contribution in [0.2, 0.25) is 0 Å². The number of fused-ring (bicyclic) bond motifs is 1. The minimum atomic E-state index is -0.895. The predicted molar refractivity (Wildman–Crippen MR) is 66.9 cm³/mol. The number of nitrogens with zero attached hydrogens (tertiary/aromatic N) is 1. The van der Waals surface area contributed by atoms with Gasteiger partial charge >= 0.3 is 5.97 Å². The molecule has 0 aromatic heterocycles. The second-order valence-corrected chi connectivity index (χ2v) is 5.58. The van der Waals surface area contributed by atoms with Gasteiger partial charge in [-0.2, -0.15) is 0 Å². The lowest BCUT2D eigenvalue weighted by molar-refractivity contribution is -0.158. The summed E-state index contributed by atoms with van der Waals surface area (Å²) in [5.41, 5.74) is 5.67. The molecule has 102 valence electrons. The number of carbonyl (C=O) groups excluding carboxylic acids is 1. The lowest BCUT2D eigenvalue weighted by atomic mass is 9.76. The summed E-state index contributed by atoms with van der Waals surface area (Å²) < 4.78 is 0. The summed E-state index contributed by atoms with van der Waals surface area (Å²) in [6, 6.07) is -1.21. The molecule has 2 fully saturated rings. The molecule has 0 aromatic rings. The first kappa shape index (κ1) is 13.3. The van der Waals surface area contributed by atoms with E-state index in [4.69, 9.17) is 5.73 Å². The molecule has 3 N–H and O–H groups in total. The number of carboxylic acid groups (broad SMARTS) is 1. The Morgan fingerprint density at radius 2 is 1.89 bits per heavy atom. The van der Waals surface area contributed by atoms with Crippen LogP contribution in [0.1, 0.15) is 45.4 Å². The van der Waals surface area contributed by atoms with Crippen LogP contribution in [0.15, 0.2) is 0 Å². The lowest BCUT2D eigenvalue weighted by Gasteiger charge is -2.47. The summed E-state index contributed by atoms with van der Waals surface area (Å²) >= 11 is 0. The molecular weight excluding hydrogens is 232 g/mol. The minimum absolute atomic E-state index is 0.0899. The number of likely N-dealkylation sites (tertiary alicyclic amines) is 1. The molecule has 2 aliphatic rings. The van der Waals surface area contributed by atoms with E-state index in [-0.39, 0.29) is 11.9 Å². The molecule has 0 radical (unpaired) electrons. The van der Waals surface area contributed by atoms with Crippen molar-refractivity contribution in [1.82, 2.24) is 4.90 Å². The van der Waals surface area contributed by atoms with E-state index in [0.29, 0.717) is 12.3 Å². The normalized spacial score (nSPS) is 33.7. The Morgan fingerprint density at radius 1 is 1.22 bits per heavy atom. The van der Waals surface area contributed by atoms with Gasteiger partial charge in [-0.05, 0) is 38.5 Å². The first-order chi connectivity index (χ1) is 8.52. The maximum absolute atomic E-state index is 12.2. The zero-order valence-electron chi connectivity index (χ0n) is 10.8. The van der Waals surface area contributed by atoms with Crippen molar-refractivity contribution in [3.63, 3.8) is 0 Å². The van der Waals surface area contributed by atoms with Crippen molar-refractivity contribution in [3.8, 4) is 0 Å². The van der Waals surface area contributed by atoms with Gasteiger partial charge in [-0.25, -0.2) is 4.79 Å². The molecule has 1 saturated carbocycles. The third-order valence-corrected chi connectivity index (χ3v) is 4.30. The van der Waals surface area contributed by atoms with Gasteiger partial charge in [0.05, 0.1) is 6.04 Å². The Balaban J connectivity index is 2.24. The van der Waals surface area contributed by atoms with Gasteiger partial charge in [-0.3, -0.25) is 4.79 Å². The number of nitrogens with two attached hydrogens (primary N) is 1. The molecule has 1 saturated heterocycles. The Labute approximate surface area is 107 Å². The smallest absolute Gasteiger partial charge is 0.326 e. The van der Waals surface area contributed by atoms with Crippen molar-refractivity contribution in [1.29, 1.82) is 0 Å². The van der Waals surface area contributed by atoms with E-state index < -0.39 is 18.1 Å². The van der Waals surface area contributed by atoms with Crippen molar-refractivity contribution in [2.45, 2.75) is 63.6 Å². The number of aliphatic carboxylic acids is 1. The summed E-state index contributed by atoms with van der Waals surface area (Å²) in [5, 5.41) is 9.29. The molecule has 0 aromatic carbocycles. The highest BCUT2D eigenvalue weighted by molar-refractivity contribution is 5.87. The standard InChI is InChI=1S/C13H22N2O3/c1-8(14)12(16)15-10-5-3-2-4-9(10)6-7-11(15)13(17)18/h8-11H,2-7,14H2,1H3,(H,17,18). The van der Waals surface area contributed by atoms with E-state index >= 15 is 0 Å². The highest BCUT2D eigenvalue weighted by Gasteiger charge is 2.44. The summed E-state index contributed by atoms with van der Waals surface area (Å²) in [6.45, 7) is 1.63. The Hall–Kier alpha value is -1.10. The molecule has 2 rings (SSSR count). The first-order valence-corrected chi connectivity index (χ1v) is 6.83. The van der Waals surface area contributed by atoms with Gasteiger partial charge in [0.15, 0.2) is 0 Å². The molecule has 1 aliphatic carbocycles. The topological polar surface area (TPSA) is 83.6 Å². The molecule has 1 aliphatic heterocycles. The van der Waals surface area contributed by atoms with Crippen molar-refractivity contribution < 1.29 is 14.7 Å². The maximum Gasteiger partial charge on any atom is 0.326 e. The van der Waals surface area contributed by atoms with E-state index in [1.165, 1.54) is 6.42 Å². The summed E-state index contributed by atoms with van der Waals surface area (Å²) in [4.78, 5) is 25.1. The van der Waals surface area contributed by atoms with Crippen molar-refractivity contribution in [2.75, 3.05) is 0 Å². The fourth-order valence-corrected chi connectivity index (χ4v) is 3.43. The molecule has 1 amide bonds. The van der Waals surface area contributed by atoms with Crippen LogP contribution in [0, 0.1) is 5.92 Å². The number of carbonyl (C=O) groups is 2. The molecule has 1 heterocycles. The highest BCUT2D eigenvalue weighted by atomic mass is 16.4. The van der Waals surface area contributed by atoms with Crippen LogP contribution in [0.25, 0.3) is 0 Å². The minimum Gasteiger partial charge on any atom is -0.480 e. The quantitative estimate of drug-likeness (QED) is 0.769. The molecule has 0 bridgehead atoms. The summed E-state index contributed by atoms with van der Waals surface area (Å²) in [5.74, 6) is -0.635. The Kier molecular flexibility index (Phi) is 3.90. The Morgan fingerprint density at radius 3 is 2.50 bits per heavy atom. The van der Waals surface area contributed by atoms with Gasteiger partial charge in [0, 0.05) is 6.04 Å². The predicted octanol–water partition coefficient (Wildman–Crippen LogP) is 0.968. The van der Waals surface area contributed by atoms with Gasteiger partial charge in [0.1, 0.15) is 6.04 Å². The average Bonchev–Trinajstić information content (AvgIpc) is 2.36.